The molecule has 0 amide bonds. The molecular weight excluding hydrogens is 255 g/mol. The van der Waals surface area contributed by atoms with Gasteiger partial charge in [-0.25, -0.2) is 0 Å². The van der Waals surface area contributed by atoms with Crippen molar-refractivity contribution in [3.63, 3.8) is 0 Å². The summed E-state index contributed by atoms with van der Waals surface area (Å²) in [5, 5.41) is 3.03. The van der Waals surface area contributed by atoms with Gasteiger partial charge in [0.05, 0.1) is 12.7 Å². The second kappa shape index (κ2) is 5.72. The van der Waals surface area contributed by atoms with E-state index < -0.39 is 11.7 Å². The average Bonchev–Trinajstić information content (AvgIpc) is 2.39. The number of hydrogen-bond donors (Lipinski definition) is 1. The van der Waals surface area contributed by atoms with Crippen molar-refractivity contribution in [3.05, 3.63) is 23.8 Å². The van der Waals surface area contributed by atoms with Crippen LogP contribution in [0.15, 0.2) is 18.2 Å². The van der Waals surface area contributed by atoms with Crippen molar-refractivity contribution in [1.29, 1.82) is 0 Å². The first kappa shape index (κ1) is 14.0. The number of anilines is 1. The standard InChI is InChI=1S/C14H18F3NO/c1-19-11-7-8-13(12(9-11)14(15,16)17)18-10-5-3-2-4-6-10/h7-10,18H,2-6H2,1H3. The minimum atomic E-state index is -4.37. The minimum absolute atomic E-state index is 0.142. The maximum Gasteiger partial charge on any atom is 0.418 e. The first-order valence-corrected chi connectivity index (χ1v) is 6.52. The van der Waals surface area contributed by atoms with Crippen LogP contribution in [-0.4, -0.2) is 13.2 Å². The Bertz CT molecular complexity index is 425. The smallest absolute Gasteiger partial charge is 0.418 e. The zero-order chi connectivity index (χ0) is 13.9. The summed E-state index contributed by atoms with van der Waals surface area (Å²) in [5.41, 5.74) is -0.502. The van der Waals surface area contributed by atoms with Gasteiger partial charge in [-0.05, 0) is 31.0 Å². The van der Waals surface area contributed by atoms with Crippen molar-refractivity contribution in [2.24, 2.45) is 0 Å². The first-order valence-electron chi connectivity index (χ1n) is 6.52. The predicted molar refractivity (Wildman–Crippen MR) is 68.5 cm³/mol. The Kier molecular flexibility index (Phi) is 4.22. The average molecular weight is 273 g/mol. The molecule has 1 aromatic carbocycles. The lowest BCUT2D eigenvalue weighted by Crippen LogP contribution is -2.24. The van der Waals surface area contributed by atoms with E-state index in [0.29, 0.717) is 0 Å². The van der Waals surface area contributed by atoms with Crippen molar-refractivity contribution in [3.8, 4) is 5.75 Å². The number of halogens is 3. The Morgan fingerprint density at radius 2 is 1.84 bits per heavy atom. The van der Waals surface area contributed by atoms with E-state index in [1.165, 1.54) is 19.6 Å². The van der Waals surface area contributed by atoms with E-state index >= 15 is 0 Å². The van der Waals surface area contributed by atoms with Gasteiger partial charge in [-0.2, -0.15) is 13.2 Å². The molecule has 0 spiro atoms. The van der Waals surface area contributed by atoms with E-state index in [0.717, 1.165) is 31.7 Å². The van der Waals surface area contributed by atoms with Crippen LogP contribution in [0.2, 0.25) is 0 Å². The molecule has 106 valence electrons. The molecule has 2 nitrogen and oxygen atoms in total. The van der Waals surface area contributed by atoms with E-state index in [-0.39, 0.29) is 17.5 Å². The van der Waals surface area contributed by atoms with Gasteiger partial charge in [0, 0.05) is 11.7 Å². The van der Waals surface area contributed by atoms with Crippen LogP contribution < -0.4 is 10.1 Å². The third kappa shape index (κ3) is 3.55. The fourth-order valence-electron chi connectivity index (χ4n) is 2.48. The van der Waals surface area contributed by atoms with Crippen molar-refractivity contribution < 1.29 is 17.9 Å². The van der Waals surface area contributed by atoms with Crippen molar-refractivity contribution in [1.82, 2.24) is 0 Å². The highest BCUT2D eigenvalue weighted by Gasteiger charge is 2.34. The lowest BCUT2D eigenvalue weighted by Gasteiger charge is -2.25. The summed E-state index contributed by atoms with van der Waals surface area (Å²) in [6, 6.07) is 4.20. The molecule has 2 rings (SSSR count). The molecule has 0 unspecified atom stereocenters. The van der Waals surface area contributed by atoms with Crippen LogP contribution in [0.3, 0.4) is 0 Å². The van der Waals surface area contributed by atoms with Gasteiger partial charge < -0.3 is 10.1 Å². The van der Waals surface area contributed by atoms with E-state index in [1.807, 2.05) is 0 Å². The van der Waals surface area contributed by atoms with Crippen LogP contribution in [-0.2, 0) is 6.18 Å². The normalized spacial score (nSPS) is 17.3. The Labute approximate surface area is 111 Å². The van der Waals surface area contributed by atoms with Gasteiger partial charge in [-0.3, -0.25) is 0 Å². The monoisotopic (exact) mass is 273 g/mol. The zero-order valence-electron chi connectivity index (χ0n) is 10.9. The minimum Gasteiger partial charge on any atom is -0.497 e. The molecule has 19 heavy (non-hydrogen) atoms. The molecule has 0 bridgehead atoms. The molecule has 1 aliphatic rings. The Balaban J connectivity index is 2.23. The third-order valence-electron chi connectivity index (χ3n) is 3.50. The maximum absolute atomic E-state index is 13.0. The number of hydrogen-bond acceptors (Lipinski definition) is 2. The topological polar surface area (TPSA) is 21.3 Å². The van der Waals surface area contributed by atoms with Gasteiger partial charge in [0.1, 0.15) is 5.75 Å². The van der Waals surface area contributed by atoms with E-state index in [2.05, 4.69) is 5.32 Å². The molecule has 0 atom stereocenters. The van der Waals surface area contributed by atoms with E-state index in [9.17, 15) is 13.2 Å². The number of nitrogens with one attached hydrogen (secondary N) is 1. The number of ether oxygens (including phenoxy) is 1. The lowest BCUT2D eigenvalue weighted by atomic mass is 9.95. The molecule has 0 aromatic heterocycles. The quantitative estimate of drug-likeness (QED) is 0.878. The summed E-state index contributed by atoms with van der Waals surface area (Å²) >= 11 is 0. The molecule has 0 heterocycles. The molecular formula is C14H18F3NO. The number of benzene rings is 1. The van der Waals surface area contributed by atoms with E-state index in [4.69, 9.17) is 4.74 Å². The van der Waals surface area contributed by atoms with Gasteiger partial charge >= 0.3 is 6.18 Å². The molecule has 0 saturated heterocycles. The van der Waals surface area contributed by atoms with Crippen LogP contribution in [0.25, 0.3) is 0 Å². The number of methoxy groups -OCH3 is 1. The summed E-state index contributed by atoms with van der Waals surface area (Å²) < 4.78 is 43.9. The Morgan fingerprint density at radius 3 is 2.42 bits per heavy atom. The second-order valence-corrected chi connectivity index (χ2v) is 4.89. The van der Waals surface area contributed by atoms with Gasteiger partial charge in [0.2, 0.25) is 0 Å². The van der Waals surface area contributed by atoms with E-state index in [1.54, 1.807) is 6.07 Å². The molecule has 1 N–H and O–H groups in total. The summed E-state index contributed by atoms with van der Waals surface area (Å²) in [6.45, 7) is 0. The molecule has 1 aromatic rings. The van der Waals surface area contributed by atoms with Crippen LogP contribution in [0.4, 0.5) is 18.9 Å². The fourth-order valence-corrected chi connectivity index (χ4v) is 2.48. The highest BCUT2D eigenvalue weighted by atomic mass is 19.4. The van der Waals surface area contributed by atoms with Gasteiger partial charge in [-0.1, -0.05) is 19.3 Å². The molecule has 1 fully saturated rings. The molecule has 1 saturated carbocycles. The molecule has 0 aliphatic heterocycles. The van der Waals surface area contributed by atoms with Gasteiger partial charge in [0.25, 0.3) is 0 Å². The third-order valence-corrected chi connectivity index (χ3v) is 3.50. The van der Waals surface area contributed by atoms with Crippen LogP contribution in [0.1, 0.15) is 37.7 Å². The summed E-state index contributed by atoms with van der Waals surface area (Å²) in [7, 11) is 1.36. The molecule has 1 aliphatic carbocycles. The maximum atomic E-state index is 13.0. The lowest BCUT2D eigenvalue weighted by molar-refractivity contribution is -0.137. The Morgan fingerprint density at radius 1 is 1.16 bits per heavy atom. The van der Waals surface area contributed by atoms with Crippen LogP contribution >= 0.6 is 0 Å². The second-order valence-electron chi connectivity index (χ2n) is 4.89. The van der Waals surface area contributed by atoms with Crippen LogP contribution in [0.5, 0.6) is 5.75 Å². The van der Waals surface area contributed by atoms with Crippen molar-refractivity contribution in [2.45, 2.75) is 44.3 Å². The van der Waals surface area contributed by atoms with Crippen LogP contribution in [0, 0.1) is 0 Å². The largest absolute Gasteiger partial charge is 0.497 e. The van der Waals surface area contributed by atoms with Gasteiger partial charge in [-0.15, -0.1) is 0 Å². The predicted octanol–water partition coefficient (Wildman–Crippen LogP) is 4.46. The molecule has 0 radical (unpaired) electrons. The van der Waals surface area contributed by atoms with Crippen molar-refractivity contribution >= 4 is 5.69 Å². The Hall–Kier alpha value is -1.39. The zero-order valence-corrected chi connectivity index (χ0v) is 10.9. The van der Waals surface area contributed by atoms with Gasteiger partial charge in [0.15, 0.2) is 0 Å². The number of alkyl halides is 3. The summed E-state index contributed by atoms with van der Waals surface area (Å²) in [5.74, 6) is 0.224. The first-order chi connectivity index (χ1) is 9.00. The summed E-state index contributed by atoms with van der Waals surface area (Å²) in [4.78, 5) is 0. The number of rotatable bonds is 3. The highest BCUT2D eigenvalue weighted by molar-refractivity contribution is 5.56. The fraction of sp³-hybridized carbons (Fsp3) is 0.571. The highest BCUT2D eigenvalue weighted by Crippen LogP contribution is 2.38. The summed E-state index contributed by atoms with van der Waals surface area (Å²) in [6.07, 6.45) is 0.829. The van der Waals surface area contributed by atoms with Crippen molar-refractivity contribution in [2.75, 3.05) is 12.4 Å². The SMILES string of the molecule is COc1ccc(NC2CCCCC2)c(C(F)(F)F)c1. The molecule has 5 heteroatoms.